The lowest BCUT2D eigenvalue weighted by Crippen LogP contribution is -2.53. The molecule has 28 heavy (non-hydrogen) atoms. The molecule has 2 fully saturated rings. The van der Waals surface area contributed by atoms with E-state index in [-0.39, 0.29) is 12.2 Å². The molecule has 2 aromatic rings. The monoisotopic (exact) mass is 383 g/mol. The van der Waals surface area contributed by atoms with Gasteiger partial charge in [-0.15, -0.1) is 0 Å². The van der Waals surface area contributed by atoms with Crippen LogP contribution < -0.4 is 5.32 Å². The van der Waals surface area contributed by atoms with Crippen molar-refractivity contribution in [2.75, 3.05) is 33.4 Å². The van der Waals surface area contributed by atoms with Crippen molar-refractivity contribution < 1.29 is 9.47 Å². The van der Waals surface area contributed by atoms with E-state index >= 15 is 0 Å². The van der Waals surface area contributed by atoms with Crippen molar-refractivity contribution in [2.24, 2.45) is 4.99 Å². The van der Waals surface area contributed by atoms with E-state index in [1.54, 1.807) is 0 Å². The largest absolute Gasteiger partial charge is 0.375 e. The Hall–Kier alpha value is -2.38. The number of morpholine rings is 1. The van der Waals surface area contributed by atoms with Gasteiger partial charge < -0.3 is 19.7 Å². The number of hydrogen-bond acceptors (Lipinski definition) is 4. The molecule has 2 atom stereocenters. The Morgan fingerprint density at radius 1 is 1.18 bits per heavy atom. The Morgan fingerprint density at radius 3 is 2.79 bits per heavy atom. The lowest BCUT2D eigenvalue weighted by Gasteiger charge is -2.37. The summed E-state index contributed by atoms with van der Waals surface area (Å²) in [6.07, 6.45) is 6.36. The zero-order valence-corrected chi connectivity index (χ0v) is 16.5. The molecule has 0 bridgehead atoms. The highest BCUT2D eigenvalue weighted by molar-refractivity contribution is 5.80. The lowest BCUT2D eigenvalue weighted by atomic mass is 10.1. The van der Waals surface area contributed by atoms with Gasteiger partial charge >= 0.3 is 0 Å². The van der Waals surface area contributed by atoms with Crippen molar-refractivity contribution in [3.05, 3.63) is 53.9 Å². The standard InChI is InChI=1S/C21H29N5O2/c1-22-21(25-11-13-28-20(16-25)19-8-4-12-27-19)23-14-17-6-2-3-7-18(17)15-26-10-5-9-24-26/h2-3,5-7,9-10,19-20H,4,8,11-16H2,1H3,(H,22,23). The number of nitrogens with zero attached hydrogens (tertiary/aromatic N) is 4. The average molecular weight is 383 g/mol. The van der Waals surface area contributed by atoms with E-state index in [0.717, 1.165) is 51.6 Å². The van der Waals surface area contributed by atoms with Crippen LogP contribution in [0.1, 0.15) is 24.0 Å². The molecule has 2 saturated heterocycles. The minimum Gasteiger partial charge on any atom is -0.375 e. The summed E-state index contributed by atoms with van der Waals surface area (Å²) in [5, 5.41) is 7.86. The van der Waals surface area contributed by atoms with Crippen LogP contribution in [0.25, 0.3) is 0 Å². The maximum atomic E-state index is 5.97. The van der Waals surface area contributed by atoms with Crippen LogP contribution in [-0.2, 0) is 22.6 Å². The predicted molar refractivity (Wildman–Crippen MR) is 108 cm³/mol. The van der Waals surface area contributed by atoms with Crippen LogP contribution in [0.15, 0.2) is 47.7 Å². The maximum Gasteiger partial charge on any atom is 0.194 e. The second kappa shape index (κ2) is 9.21. The fourth-order valence-electron chi connectivity index (χ4n) is 3.95. The Labute approximate surface area is 166 Å². The third kappa shape index (κ3) is 4.54. The van der Waals surface area contributed by atoms with Crippen LogP contribution in [0.3, 0.4) is 0 Å². The van der Waals surface area contributed by atoms with Crippen LogP contribution >= 0.6 is 0 Å². The summed E-state index contributed by atoms with van der Waals surface area (Å²) in [5.74, 6) is 0.917. The van der Waals surface area contributed by atoms with E-state index in [0.29, 0.717) is 6.61 Å². The van der Waals surface area contributed by atoms with Gasteiger partial charge in [-0.1, -0.05) is 24.3 Å². The minimum atomic E-state index is 0.127. The van der Waals surface area contributed by atoms with E-state index in [1.807, 2.05) is 30.2 Å². The fraction of sp³-hybridized carbons (Fsp3) is 0.524. The highest BCUT2D eigenvalue weighted by atomic mass is 16.5. The summed E-state index contributed by atoms with van der Waals surface area (Å²) in [6, 6.07) is 10.4. The normalized spacial score (nSPS) is 23.2. The average Bonchev–Trinajstić information content (AvgIpc) is 3.44. The smallest absolute Gasteiger partial charge is 0.194 e. The van der Waals surface area contributed by atoms with Gasteiger partial charge in [-0.3, -0.25) is 9.67 Å². The number of ether oxygens (including phenoxy) is 2. The van der Waals surface area contributed by atoms with Gasteiger partial charge in [0.2, 0.25) is 0 Å². The highest BCUT2D eigenvalue weighted by Gasteiger charge is 2.32. The van der Waals surface area contributed by atoms with Gasteiger partial charge in [0.1, 0.15) is 6.10 Å². The molecular formula is C21H29N5O2. The van der Waals surface area contributed by atoms with Crippen molar-refractivity contribution in [3.63, 3.8) is 0 Å². The molecule has 2 aliphatic heterocycles. The van der Waals surface area contributed by atoms with Crippen molar-refractivity contribution in [2.45, 2.75) is 38.1 Å². The summed E-state index contributed by atoms with van der Waals surface area (Å²) in [4.78, 5) is 6.79. The molecule has 0 radical (unpaired) electrons. The number of guanidine groups is 1. The first-order valence-electron chi connectivity index (χ1n) is 10.1. The number of hydrogen-bond donors (Lipinski definition) is 1. The number of nitrogens with one attached hydrogen (secondary N) is 1. The van der Waals surface area contributed by atoms with Crippen molar-refractivity contribution in [1.29, 1.82) is 0 Å². The Morgan fingerprint density at radius 2 is 2.04 bits per heavy atom. The predicted octanol–water partition coefficient (Wildman–Crippen LogP) is 1.89. The number of aliphatic imine (C=N–C) groups is 1. The molecule has 1 aromatic carbocycles. The van der Waals surface area contributed by atoms with Gasteiger partial charge in [-0.05, 0) is 30.0 Å². The van der Waals surface area contributed by atoms with E-state index in [1.165, 1.54) is 11.1 Å². The SMILES string of the molecule is CN=C(NCc1ccccc1Cn1cccn1)N1CCOC(C2CCCO2)C1. The van der Waals surface area contributed by atoms with Gasteiger partial charge in [-0.2, -0.15) is 5.10 Å². The zero-order valence-electron chi connectivity index (χ0n) is 16.5. The molecule has 2 aliphatic rings. The van der Waals surface area contributed by atoms with E-state index in [9.17, 15) is 0 Å². The molecule has 0 saturated carbocycles. The van der Waals surface area contributed by atoms with Gasteiger partial charge in [-0.25, -0.2) is 0 Å². The van der Waals surface area contributed by atoms with Gasteiger partial charge in [0.25, 0.3) is 0 Å². The summed E-state index contributed by atoms with van der Waals surface area (Å²) < 4.78 is 13.7. The second-order valence-electron chi connectivity index (χ2n) is 7.28. The van der Waals surface area contributed by atoms with Gasteiger partial charge in [0.15, 0.2) is 5.96 Å². The molecule has 4 rings (SSSR count). The molecule has 0 amide bonds. The topological polar surface area (TPSA) is 63.9 Å². The van der Waals surface area contributed by atoms with Crippen LogP contribution in [0.2, 0.25) is 0 Å². The Kier molecular flexibility index (Phi) is 6.24. The van der Waals surface area contributed by atoms with Crippen molar-refractivity contribution in [3.8, 4) is 0 Å². The summed E-state index contributed by atoms with van der Waals surface area (Å²) in [6.45, 7) is 4.72. The third-order valence-electron chi connectivity index (χ3n) is 5.43. The summed E-state index contributed by atoms with van der Waals surface area (Å²) in [5.41, 5.74) is 2.51. The molecule has 2 unspecified atom stereocenters. The van der Waals surface area contributed by atoms with E-state index in [4.69, 9.17) is 9.47 Å². The summed E-state index contributed by atoms with van der Waals surface area (Å²) >= 11 is 0. The molecule has 1 N–H and O–H groups in total. The highest BCUT2D eigenvalue weighted by Crippen LogP contribution is 2.21. The molecule has 0 spiro atoms. The molecule has 7 heteroatoms. The summed E-state index contributed by atoms with van der Waals surface area (Å²) in [7, 11) is 1.84. The molecule has 7 nitrogen and oxygen atoms in total. The van der Waals surface area contributed by atoms with Gasteiger partial charge in [0.05, 0.1) is 19.3 Å². The first kappa shape index (κ1) is 19.0. The molecule has 3 heterocycles. The minimum absolute atomic E-state index is 0.127. The van der Waals surface area contributed by atoms with Crippen molar-refractivity contribution >= 4 is 5.96 Å². The second-order valence-corrected chi connectivity index (χ2v) is 7.28. The Balaban J connectivity index is 1.38. The van der Waals surface area contributed by atoms with E-state index < -0.39 is 0 Å². The number of rotatable bonds is 5. The first-order valence-corrected chi connectivity index (χ1v) is 10.1. The van der Waals surface area contributed by atoms with Crippen LogP contribution in [0.5, 0.6) is 0 Å². The molecule has 0 aliphatic carbocycles. The van der Waals surface area contributed by atoms with Crippen LogP contribution in [0, 0.1) is 0 Å². The fourth-order valence-corrected chi connectivity index (χ4v) is 3.95. The quantitative estimate of drug-likeness (QED) is 0.631. The lowest BCUT2D eigenvalue weighted by molar-refractivity contribution is -0.0817. The number of benzene rings is 1. The zero-order chi connectivity index (χ0) is 19.2. The Bertz CT molecular complexity index is 771. The van der Waals surface area contributed by atoms with Crippen LogP contribution in [0.4, 0.5) is 0 Å². The first-order chi connectivity index (χ1) is 13.8. The van der Waals surface area contributed by atoms with E-state index in [2.05, 4.69) is 44.6 Å². The molecular weight excluding hydrogens is 354 g/mol. The number of aromatic nitrogens is 2. The van der Waals surface area contributed by atoms with Gasteiger partial charge in [0, 0.05) is 45.7 Å². The maximum absolute atomic E-state index is 5.97. The van der Waals surface area contributed by atoms with Crippen molar-refractivity contribution in [1.82, 2.24) is 20.0 Å². The van der Waals surface area contributed by atoms with Crippen LogP contribution in [-0.4, -0.2) is 66.2 Å². The third-order valence-corrected chi connectivity index (χ3v) is 5.43. The molecule has 1 aromatic heterocycles. The molecule has 150 valence electrons.